The molecule has 1 heterocycles. The first-order chi connectivity index (χ1) is 11.0. The maximum atomic E-state index is 13.3. The Morgan fingerprint density at radius 3 is 1.96 bits per heavy atom. The van der Waals surface area contributed by atoms with Crippen molar-refractivity contribution in [1.29, 1.82) is 0 Å². The van der Waals surface area contributed by atoms with Crippen LogP contribution in [-0.4, -0.2) is 38.1 Å². The summed E-state index contributed by atoms with van der Waals surface area (Å²) >= 11 is 0. The minimum Gasteiger partial charge on any atom is -0.406 e. The summed E-state index contributed by atoms with van der Waals surface area (Å²) in [7, 11) is -3.93. The summed E-state index contributed by atoms with van der Waals surface area (Å²) in [5.74, 6) is -3.25. The normalized spacial score (nSPS) is 23.2. The third-order valence-corrected chi connectivity index (χ3v) is 6.50. The number of halogens is 5. The van der Waals surface area contributed by atoms with Crippen molar-refractivity contribution in [3.05, 3.63) is 24.3 Å². The maximum absolute atomic E-state index is 13.3. The molecule has 4 nitrogen and oxygen atoms in total. The van der Waals surface area contributed by atoms with Crippen molar-refractivity contribution < 1.29 is 35.1 Å². The van der Waals surface area contributed by atoms with Gasteiger partial charge in [0.05, 0.1) is 4.90 Å². The van der Waals surface area contributed by atoms with Gasteiger partial charge in [-0.15, -0.1) is 13.2 Å². The van der Waals surface area contributed by atoms with Gasteiger partial charge < -0.3 is 4.74 Å². The highest BCUT2D eigenvalue weighted by Crippen LogP contribution is 2.66. The molecule has 0 N–H and O–H groups in total. The monoisotopic (exact) mass is 371 g/mol. The average Bonchev–Trinajstić information content (AvgIpc) is 2.98. The van der Waals surface area contributed by atoms with Gasteiger partial charge in [-0.2, -0.15) is 4.31 Å². The van der Waals surface area contributed by atoms with E-state index < -0.39 is 33.5 Å². The van der Waals surface area contributed by atoms with Gasteiger partial charge in [0.15, 0.2) is 0 Å². The van der Waals surface area contributed by atoms with Gasteiger partial charge in [-0.05, 0) is 37.1 Å². The average molecular weight is 371 g/mol. The summed E-state index contributed by atoms with van der Waals surface area (Å²) in [6.07, 6.45) is -4.92. The van der Waals surface area contributed by atoms with Crippen LogP contribution >= 0.6 is 0 Å². The predicted molar refractivity (Wildman–Crippen MR) is 73.1 cm³/mol. The highest BCUT2D eigenvalue weighted by Gasteiger charge is 2.70. The van der Waals surface area contributed by atoms with E-state index in [1.165, 1.54) is 0 Å². The number of alkyl halides is 5. The van der Waals surface area contributed by atoms with Gasteiger partial charge in [0, 0.05) is 24.9 Å². The first-order valence-electron chi connectivity index (χ1n) is 7.19. The lowest BCUT2D eigenvalue weighted by Crippen LogP contribution is -2.40. The van der Waals surface area contributed by atoms with Crippen molar-refractivity contribution in [2.45, 2.75) is 36.4 Å². The van der Waals surface area contributed by atoms with Crippen LogP contribution in [0, 0.1) is 5.41 Å². The molecule has 134 valence electrons. The van der Waals surface area contributed by atoms with Crippen molar-refractivity contribution >= 4 is 10.0 Å². The van der Waals surface area contributed by atoms with E-state index in [0.29, 0.717) is 0 Å². The van der Waals surface area contributed by atoms with Crippen molar-refractivity contribution in [1.82, 2.24) is 4.31 Å². The predicted octanol–water partition coefficient (Wildman–Crippen LogP) is 3.40. The summed E-state index contributed by atoms with van der Waals surface area (Å²) in [6.45, 7) is -0.0581. The van der Waals surface area contributed by atoms with Gasteiger partial charge in [-0.3, -0.25) is 0 Å². The highest BCUT2D eigenvalue weighted by molar-refractivity contribution is 7.89. The van der Waals surface area contributed by atoms with E-state index in [-0.39, 0.29) is 37.2 Å². The standard InChI is InChI=1S/C14H14F5NO3S/c15-13(16)9-12(13)5-7-20(8-6-12)24(21,22)11-3-1-10(2-4-11)23-14(17,18)19/h1-4H,5-9H2. The number of sulfonamides is 1. The fourth-order valence-electron chi connectivity index (χ4n) is 3.04. The molecule has 0 atom stereocenters. The van der Waals surface area contributed by atoms with Gasteiger partial charge in [0.25, 0.3) is 5.92 Å². The SMILES string of the molecule is O=S(=O)(c1ccc(OC(F)(F)F)cc1)N1CCC2(CC1)CC2(F)F. The number of ether oxygens (including phenoxy) is 1. The van der Waals surface area contributed by atoms with E-state index in [2.05, 4.69) is 4.74 Å². The number of rotatable bonds is 3. The number of piperidine rings is 1. The van der Waals surface area contributed by atoms with E-state index in [1.54, 1.807) is 0 Å². The van der Waals surface area contributed by atoms with Crippen LogP contribution in [0.3, 0.4) is 0 Å². The van der Waals surface area contributed by atoms with Gasteiger partial charge in [0.2, 0.25) is 10.0 Å². The van der Waals surface area contributed by atoms with Gasteiger partial charge >= 0.3 is 6.36 Å². The quantitative estimate of drug-likeness (QED) is 0.766. The summed E-state index contributed by atoms with van der Waals surface area (Å²) in [5.41, 5.74) is -1.08. The molecule has 0 amide bonds. The Bertz CT molecular complexity index is 722. The summed E-state index contributed by atoms with van der Waals surface area (Å²) < 4.78 is 92.6. The zero-order chi connectivity index (χ0) is 17.8. The lowest BCUT2D eigenvalue weighted by Gasteiger charge is -2.31. The number of nitrogens with zero attached hydrogens (tertiary/aromatic N) is 1. The van der Waals surface area contributed by atoms with Crippen LogP contribution < -0.4 is 4.74 Å². The first-order valence-corrected chi connectivity index (χ1v) is 8.63. The number of hydrogen-bond donors (Lipinski definition) is 0. The molecule has 3 rings (SSSR count). The Kier molecular flexibility index (Phi) is 3.83. The van der Waals surface area contributed by atoms with Gasteiger partial charge in [-0.25, -0.2) is 17.2 Å². The molecule has 2 aliphatic rings. The van der Waals surface area contributed by atoms with Crippen molar-refractivity contribution in [2.75, 3.05) is 13.1 Å². The van der Waals surface area contributed by atoms with E-state index in [9.17, 15) is 30.4 Å². The molecular formula is C14H14F5NO3S. The lowest BCUT2D eigenvalue weighted by atomic mass is 9.94. The minimum atomic E-state index is -4.86. The Labute approximate surface area is 135 Å². The molecular weight excluding hydrogens is 357 g/mol. The van der Waals surface area contributed by atoms with E-state index >= 15 is 0 Å². The van der Waals surface area contributed by atoms with Crippen molar-refractivity contribution in [3.63, 3.8) is 0 Å². The summed E-state index contributed by atoms with van der Waals surface area (Å²) in [4.78, 5) is -0.199. The van der Waals surface area contributed by atoms with Gasteiger partial charge in [0.1, 0.15) is 5.75 Å². The van der Waals surface area contributed by atoms with Crippen LogP contribution in [0.15, 0.2) is 29.2 Å². The van der Waals surface area contributed by atoms with Crippen LogP contribution in [0.4, 0.5) is 22.0 Å². The van der Waals surface area contributed by atoms with Crippen LogP contribution in [0.25, 0.3) is 0 Å². The number of benzene rings is 1. The Hall–Kier alpha value is -1.42. The molecule has 1 aromatic rings. The highest BCUT2D eigenvalue weighted by atomic mass is 32.2. The molecule has 0 unspecified atom stereocenters. The fourth-order valence-corrected chi connectivity index (χ4v) is 4.48. The summed E-state index contributed by atoms with van der Waals surface area (Å²) in [6, 6.07) is 3.82. The van der Waals surface area contributed by atoms with Crippen LogP contribution in [-0.2, 0) is 10.0 Å². The zero-order valence-electron chi connectivity index (χ0n) is 12.3. The molecule has 1 aliphatic heterocycles. The fraction of sp³-hybridized carbons (Fsp3) is 0.571. The van der Waals surface area contributed by atoms with E-state index in [0.717, 1.165) is 28.6 Å². The topological polar surface area (TPSA) is 46.6 Å². The van der Waals surface area contributed by atoms with Crippen LogP contribution in [0.5, 0.6) is 5.75 Å². The molecule has 1 aromatic carbocycles. The zero-order valence-corrected chi connectivity index (χ0v) is 13.1. The largest absolute Gasteiger partial charge is 0.573 e. The third-order valence-electron chi connectivity index (χ3n) is 4.59. The molecule has 1 aliphatic carbocycles. The van der Waals surface area contributed by atoms with E-state index in [4.69, 9.17) is 0 Å². The van der Waals surface area contributed by atoms with Crippen LogP contribution in [0.2, 0.25) is 0 Å². The number of hydrogen-bond acceptors (Lipinski definition) is 3. The second kappa shape index (κ2) is 5.29. The van der Waals surface area contributed by atoms with Crippen molar-refractivity contribution in [2.24, 2.45) is 5.41 Å². The Morgan fingerprint density at radius 2 is 1.54 bits per heavy atom. The molecule has 1 spiro atoms. The third kappa shape index (κ3) is 3.08. The maximum Gasteiger partial charge on any atom is 0.573 e. The van der Waals surface area contributed by atoms with E-state index in [1.807, 2.05) is 0 Å². The molecule has 0 aromatic heterocycles. The first kappa shape index (κ1) is 17.4. The molecule has 1 saturated heterocycles. The molecule has 0 radical (unpaired) electrons. The summed E-state index contributed by atoms with van der Waals surface area (Å²) in [5, 5.41) is 0. The Balaban J connectivity index is 1.70. The lowest BCUT2D eigenvalue weighted by molar-refractivity contribution is -0.274. The van der Waals surface area contributed by atoms with Gasteiger partial charge in [-0.1, -0.05) is 0 Å². The molecule has 24 heavy (non-hydrogen) atoms. The smallest absolute Gasteiger partial charge is 0.406 e. The van der Waals surface area contributed by atoms with Crippen molar-refractivity contribution in [3.8, 4) is 5.75 Å². The second-order valence-corrected chi connectivity index (χ2v) is 8.02. The molecule has 10 heteroatoms. The minimum absolute atomic E-state index is 0.0290. The molecule has 1 saturated carbocycles. The Morgan fingerprint density at radius 1 is 1.04 bits per heavy atom. The van der Waals surface area contributed by atoms with Crippen LogP contribution in [0.1, 0.15) is 19.3 Å². The molecule has 2 fully saturated rings. The molecule has 0 bridgehead atoms. The second-order valence-electron chi connectivity index (χ2n) is 6.08.